The van der Waals surface area contributed by atoms with E-state index in [1.165, 1.54) is 11.1 Å². The average molecular weight is 263 g/mol. The molecule has 0 saturated heterocycles. The summed E-state index contributed by atoms with van der Waals surface area (Å²) in [4.78, 5) is 13.8. The lowest BCUT2D eigenvalue weighted by Crippen LogP contribution is -2.34. The highest BCUT2D eigenvalue weighted by Gasteiger charge is 2.05. The first-order valence-corrected chi connectivity index (χ1v) is 6.82. The first-order chi connectivity index (χ1) is 9.13. The molecule has 0 heterocycles. The summed E-state index contributed by atoms with van der Waals surface area (Å²) in [5.41, 5.74) is 2.44. The second-order valence-corrected chi connectivity index (χ2v) is 4.96. The minimum absolute atomic E-state index is 0.0492. The van der Waals surface area contributed by atoms with E-state index in [0.717, 1.165) is 19.5 Å². The summed E-state index contributed by atoms with van der Waals surface area (Å²) in [6.45, 7) is 4.84. The van der Waals surface area contributed by atoms with Crippen molar-refractivity contribution in [2.75, 3.05) is 27.2 Å². The van der Waals surface area contributed by atoms with Gasteiger partial charge in [-0.15, -0.1) is 0 Å². The van der Waals surface area contributed by atoms with E-state index < -0.39 is 0 Å². The van der Waals surface area contributed by atoms with Crippen molar-refractivity contribution in [1.29, 1.82) is 0 Å². The van der Waals surface area contributed by atoms with Crippen LogP contribution in [0.4, 0.5) is 0 Å². The summed E-state index contributed by atoms with van der Waals surface area (Å²) in [6, 6.07) is 8.22. The van der Waals surface area contributed by atoms with Gasteiger partial charge in [0, 0.05) is 13.1 Å². The Morgan fingerprint density at radius 1 is 1.21 bits per heavy atom. The molecule has 4 heteroatoms. The standard InChI is InChI=1S/C15H25N3O/c1-4-9-16-11-15(19)17-10-13-7-5-6-8-14(13)12-18(2)3/h5-8,16H,4,9-12H2,1-3H3,(H,17,19). The number of hydrogen-bond acceptors (Lipinski definition) is 3. The Morgan fingerprint density at radius 3 is 2.53 bits per heavy atom. The molecule has 19 heavy (non-hydrogen) atoms. The van der Waals surface area contributed by atoms with E-state index in [9.17, 15) is 4.79 Å². The van der Waals surface area contributed by atoms with Gasteiger partial charge in [-0.2, -0.15) is 0 Å². The highest BCUT2D eigenvalue weighted by Crippen LogP contribution is 2.10. The molecule has 0 saturated carbocycles. The first kappa shape index (κ1) is 15.7. The van der Waals surface area contributed by atoms with Gasteiger partial charge in [-0.05, 0) is 38.2 Å². The van der Waals surface area contributed by atoms with Gasteiger partial charge in [-0.25, -0.2) is 0 Å². The van der Waals surface area contributed by atoms with Gasteiger partial charge in [-0.3, -0.25) is 4.79 Å². The number of carbonyl (C=O) groups is 1. The molecular weight excluding hydrogens is 238 g/mol. The number of hydrogen-bond donors (Lipinski definition) is 2. The third kappa shape index (κ3) is 6.36. The van der Waals surface area contributed by atoms with Gasteiger partial charge in [-0.1, -0.05) is 31.2 Å². The van der Waals surface area contributed by atoms with E-state index in [2.05, 4.69) is 34.6 Å². The van der Waals surface area contributed by atoms with Crippen molar-refractivity contribution in [3.05, 3.63) is 35.4 Å². The lowest BCUT2D eigenvalue weighted by atomic mass is 10.1. The highest BCUT2D eigenvalue weighted by atomic mass is 16.1. The van der Waals surface area contributed by atoms with Crippen molar-refractivity contribution in [3.8, 4) is 0 Å². The van der Waals surface area contributed by atoms with E-state index in [4.69, 9.17) is 0 Å². The number of rotatable bonds is 8. The molecule has 0 aliphatic heterocycles. The van der Waals surface area contributed by atoms with Crippen LogP contribution < -0.4 is 10.6 Å². The predicted octanol–water partition coefficient (Wildman–Crippen LogP) is 1.36. The molecule has 0 aliphatic rings. The van der Waals surface area contributed by atoms with Crippen molar-refractivity contribution in [2.45, 2.75) is 26.4 Å². The molecule has 0 unspecified atom stereocenters. The van der Waals surface area contributed by atoms with Gasteiger partial charge in [0.2, 0.25) is 5.91 Å². The van der Waals surface area contributed by atoms with Crippen LogP contribution in [0.2, 0.25) is 0 Å². The fourth-order valence-corrected chi connectivity index (χ4v) is 1.86. The van der Waals surface area contributed by atoms with Crippen molar-refractivity contribution in [1.82, 2.24) is 15.5 Å². The lowest BCUT2D eigenvalue weighted by molar-refractivity contribution is -0.120. The maximum absolute atomic E-state index is 11.6. The molecule has 106 valence electrons. The van der Waals surface area contributed by atoms with Crippen molar-refractivity contribution >= 4 is 5.91 Å². The minimum Gasteiger partial charge on any atom is -0.351 e. The molecule has 4 nitrogen and oxygen atoms in total. The number of nitrogens with one attached hydrogen (secondary N) is 2. The highest BCUT2D eigenvalue weighted by molar-refractivity contribution is 5.77. The number of carbonyl (C=O) groups excluding carboxylic acids is 1. The SMILES string of the molecule is CCCNCC(=O)NCc1ccccc1CN(C)C. The summed E-state index contributed by atoms with van der Waals surface area (Å²) < 4.78 is 0. The molecule has 0 atom stereocenters. The van der Waals surface area contributed by atoms with Crippen LogP contribution >= 0.6 is 0 Å². The zero-order valence-electron chi connectivity index (χ0n) is 12.2. The predicted molar refractivity (Wildman–Crippen MR) is 78.8 cm³/mol. The van der Waals surface area contributed by atoms with Crippen LogP contribution in [0.1, 0.15) is 24.5 Å². The second kappa shape index (κ2) is 8.67. The maximum Gasteiger partial charge on any atom is 0.234 e. The normalized spacial score (nSPS) is 10.7. The molecule has 0 bridgehead atoms. The molecule has 0 radical (unpaired) electrons. The largest absolute Gasteiger partial charge is 0.351 e. The zero-order valence-corrected chi connectivity index (χ0v) is 12.2. The smallest absolute Gasteiger partial charge is 0.234 e. The van der Waals surface area contributed by atoms with Crippen LogP contribution in [0.15, 0.2) is 24.3 Å². The van der Waals surface area contributed by atoms with Gasteiger partial charge >= 0.3 is 0 Å². The zero-order chi connectivity index (χ0) is 14.1. The monoisotopic (exact) mass is 263 g/mol. The fraction of sp³-hybridized carbons (Fsp3) is 0.533. The summed E-state index contributed by atoms with van der Waals surface area (Å²) in [5.74, 6) is 0.0492. The fourth-order valence-electron chi connectivity index (χ4n) is 1.86. The molecule has 0 spiro atoms. The molecule has 0 fully saturated rings. The average Bonchev–Trinajstić information content (AvgIpc) is 2.37. The van der Waals surface area contributed by atoms with Crippen molar-refractivity contribution < 1.29 is 4.79 Å². The van der Waals surface area contributed by atoms with Crippen LogP contribution in [0.25, 0.3) is 0 Å². The van der Waals surface area contributed by atoms with E-state index in [1.54, 1.807) is 0 Å². The Morgan fingerprint density at radius 2 is 1.89 bits per heavy atom. The Labute approximate surface area is 116 Å². The Hall–Kier alpha value is -1.39. The molecule has 1 aromatic rings. The maximum atomic E-state index is 11.6. The Balaban J connectivity index is 2.46. The molecule has 1 amide bonds. The third-order valence-corrected chi connectivity index (χ3v) is 2.79. The lowest BCUT2D eigenvalue weighted by Gasteiger charge is -2.14. The Bertz CT molecular complexity index is 391. The summed E-state index contributed by atoms with van der Waals surface area (Å²) in [7, 11) is 4.09. The molecule has 1 rings (SSSR count). The summed E-state index contributed by atoms with van der Waals surface area (Å²) in [6.07, 6.45) is 1.04. The van der Waals surface area contributed by atoms with Crippen LogP contribution in [0.5, 0.6) is 0 Å². The van der Waals surface area contributed by atoms with Crippen molar-refractivity contribution in [3.63, 3.8) is 0 Å². The molecule has 2 N–H and O–H groups in total. The minimum atomic E-state index is 0.0492. The van der Waals surface area contributed by atoms with E-state index in [0.29, 0.717) is 13.1 Å². The molecule has 0 aliphatic carbocycles. The van der Waals surface area contributed by atoms with Gasteiger partial charge < -0.3 is 15.5 Å². The molecular formula is C15H25N3O. The van der Waals surface area contributed by atoms with Crippen LogP contribution in [-0.4, -0.2) is 38.0 Å². The van der Waals surface area contributed by atoms with Crippen LogP contribution in [0.3, 0.4) is 0 Å². The molecule has 0 aromatic heterocycles. The molecule has 1 aromatic carbocycles. The topological polar surface area (TPSA) is 44.4 Å². The number of amides is 1. The third-order valence-electron chi connectivity index (χ3n) is 2.79. The summed E-state index contributed by atoms with van der Waals surface area (Å²) >= 11 is 0. The van der Waals surface area contributed by atoms with Crippen LogP contribution in [-0.2, 0) is 17.9 Å². The van der Waals surface area contributed by atoms with Crippen molar-refractivity contribution in [2.24, 2.45) is 0 Å². The van der Waals surface area contributed by atoms with Gasteiger partial charge in [0.1, 0.15) is 0 Å². The number of nitrogens with zero attached hydrogens (tertiary/aromatic N) is 1. The number of benzene rings is 1. The summed E-state index contributed by atoms with van der Waals surface area (Å²) in [5, 5.41) is 6.05. The second-order valence-electron chi connectivity index (χ2n) is 4.96. The van der Waals surface area contributed by atoms with Gasteiger partial charge in [0.15, 0.2) is 0 Å². The quantitative estimate of drug-likeness (QED) is 0.696. The van der Waals surface area contributed by atoms with Gasteiger partial charge in [0.25, 0.3) is 0 Å². The van der Waals surface area contributed by atoms with E-state index in [1.807, 2.05) is 26.2 Å². The van der Waals surface area contributed by atoms with Crippen LogP contribution in [0, 0.1) is 0 Å². The van der Waals surface area contributed by atoms with Gasteiger partial charge in [0.05, 0.1) is 6.54 Å². The van der Waals surface area contributed by atoms with E-state index in [-0.39, 0.29) is 5.91 Å². The first-order valence-electron chi connectivity index (χ1n) is 6.82. The van der Waals surface area contributed by atoms with E-state index >= 15 is 0 Å². The Kier molecular flexibility index (Phi) is 7.15.